The number of fused-ring (bicyclic) bond motifs is 1. The fraction of sp³-hybridized carbons (Fsp3) is 0.214. The number of hydrogen-bond acceptors (Lipinski definition) is 0. The highest BCUT2D eigenvalue weighted by Gasteiger charge is 2.41. The van der Waals surface area contributed by atoms with Crippen molar-refractivity contribution in [1.29, 1.82) is 0 Å². The van der Waals surface area contributed by atoms with Crippen molar-refractivity contribution < 1.29 is 0 Å². The van der Waals surface area contributed by atoms with Crippen LogP contribution in [0.5, 0.6) is 0 Å². The maximum atomic E-state index is 3.61. The van der Waals surface area contributed by atoms with Crippen molar-refractivity contribution in [2.24, 2.45) is 5.92 Å². The van der Waals surface area contributed by atoms with Crippen LogP contribution in [0.4, 0.5) is 0 Å². The van der Waals surface area contributed by atoms with Gasteiger partial charge in [0.2, 0.25) is 0 Å². The second-order valence-corrected chi connectivity index (χ2v) is 10.2. The van der Waals surface area contributed by atoms with Gasteiger partial charge in [0.25, 0.3) is 0 Å². The van der Waals surface area contributed by atoms with E-state index in [0.717, 1.165) is 8.95 Å². The lowest BCUT2D eigenvalue weighted by molar-refractivity contribution is 0.427. The van der Waals surface area contributed by atoms with Crippen LogP contribution in [0.25, 0.3) is 6.08 Å². The fourth-order valence-corrected chi connectivity index (χ4v) is 5.75. The summed E-state index contributed by atoms with van der Waals surface area (Å²) in [6, 6.07) is 28.7. The molecule has 0 N–H and O–H groups in total. The summed E-state index contributed by atoms with van der Waals surface area (Å²) in [4.78, 5) is 0. The van der Waals surface area contributed by atoms with Crippen LogP contribution >= 0.6 is 31.9 Å². The maximum absolute atomic E-state index is 3.61. The molecule has 2 aliphatic rings. The summed E-state index contributed by atoms with van der Waals surface area (Å²) < 4.78 is 2.28. The van der Waals surface area contributed by atoms with Crippen LogP contribution in [0.3, 0.4) is 0 Å². The fourth-order valence-electron chi connectivity index (χ4n) is 5.22. The van der Waals surface area contributed by atoms with Gasteiger partial charge in [-0.1, -0.05) is 98.6 Å². The Hall–Kier alpha value is -1.90. The monoisotopic (exact) mass is 518 g/mol. The van der Waals surface area contributed by atoms with Crippen molar-refractivity contribution in [2.75, 3.05) is 0 Å². The first-order chi connectivity index (χ1) is 14.7. The lowest BCUT2D eigenvalue weighted by atomic mass is 9.72. The molecule has 0 aromatic heterocycles. The Labute approximate surface area is 196 Å². The Kier molecular flexibility index (Phi) is 5.80. The van der Waals surface area contributed by atoms with E-state index in [2.05, 4.69) is 123 Å². The maximum Gasteiger partial charge on any atom is 0.0175 e. The molecule has 0 spiro atoms. The molecule has 2 aliphatic carbocycles. The largest absolute Gasteiger partial charge is 0.0726 e. The summed E-state index contributed by atoms with van der Waals surface area (Å²) in [6.07, 6.45) is 8.70. The Bertz CT molecular complexity index is 1080. The summed E-state index contributed by atoms with van der Waals surface area (Å²) in [5, 5.41) is 0. The van der Waals surface area contributed by atoms with Crippen molar-refractivity contribution >= 4 is 37.9 Å². The van der Waals surface area contributed by atoms with E-state index in [1.165, 1.54) is 41.5 Å². The molecule has 3 aromatic carbocycles. The van der Waals surface area contributed by atoms with Crippen LogP contribution in [-0.2, 0) is 0 Å². The first kappa shape index (κ1) is 20.0. The van der Waals surface area contributed by atoms with Gasteiger partial charge in [0.1, 0.15) is 0 Å². The van der Waals surface area contributed by atoms with Crippen molar-refractivity contribution in [1.82, 2.24) is 0 Å². The van der Waals surface area contributed by atoms with Gasteiger partial charge in [0.15, 0.2) is 0 Å². The highest BCUT2D eigenvalue weighted by molar-refractivity contribution is 9.10. The molecule has 0 saturated heterocycles. The van der Waals surface area contributed by atoms with Gasteiger partial charge in [0, 0.05) is 20.8 Å². The Morgan fingerprint density at radius 1 is 0.733 bits per heavy atom. The topological polar surface area (TPSA) is 0 Å². The molecule has 0 amide bonds. The van der Waals surface area contributed by atoms with Crippen molar-refractivity contribution in [3.63, 3.8) is 0 Å². The van der Waals surface area contributed by atoms with Crippen LogP contribution in [0.1, 0.15) is 47.8 Å². The molecular weight excluding hydrogens is 496 g/mol. The summed E-state index contributed by atoms with van der Waals surface area (Å²) in [5.74, 6) is 1.52. The van der Waals surface area contributed by atoms with E-state index in [1.807, 2.05) is 0 Å². The van der Waals surface area contributed by atoms with Gasteiger partial charge in [0.05, 0.1) is 0 Å². The van der Waals surface area contributed by atoms with E-state index in [9.17, 15) is 0 Å². The minimum atomic E-state index is 0.429. The Balaban J connectivity index is 1.58. The third-order valence-electron chi connectivity index (χ3n) is 6.56. The first-order valence-corrected chi connectivity index (χ1v) is 12.3. The predicted octanol–water partition coefficient (Wildman–Crippen LogP) is 8.90. The van der Waals surface area contributed by atoms with Crippen LogP contribution < -0.4 is 0 Å². The number of rotatable bonds is 3. The second kappa shape index (κ2) is 8.69. The molecule has 0 aliphatic heterocycles. The molecule has 0 radical (unpaired) electrons. The van der Waals surface area contributed by atoms with E-state index in [4.69, 9.17) is 0 Å². The van der Waals surface area contributed by atoms with Crippen LogP contribution in [0.15, 0.2) is 105 Å². The first-order valence-electron chi connectivity index (χ1n) is 10.7. The van der Waals surface area contributed by atoms with E-state index in [-0.39, 0.29) is 0 Å². The molecule has 0 nitrogen and oxygen atoms in total. The smallest absolute Gasteiger partial charge is 0.0175 e. The third kappa shape index (κ3) is 4.00. The SMILES string of the molecule is Brc1ccc(/C=C2\CCCC3C2=C[C@H](c2ccccc2)[C@H]3c2ccc(Br)cc2)cc1. The predicted molar refractivity (Wildman–Crippen MR) is 134 cm³/mol. The number of benzene rings is 3. The summed E-state index contributed by atoms with van der Waals surface area (Å²) in [7, 11) is 0. The lowest BCUT2D eigenvalue weighted by Crippen LogP contribution is -2.18. The summed E-state index contributed by atoms with van der Waals surface area (Å²) in [6.45, 7) is 0. The third-order valence-corrected chi connectivity index (χ3v) is 7.62. The van der Waals surface area contributed by atoms with Crippen LogP contribution in [-0.4, -0.2) is 0 Å². The zero-order valence-electron chi connectivity index (χ0n) is 16.8. The van der Waals surface area contributed by atoms with Crippen molar-refractivity contribution in [2.45, 2.75) is 31.1 Å². The average molecular weight is 520 g/mol. The summed E-state index contributed by atoms with van der Waals surface area (Å²) in [5.41, 5.74) is 7.27. The normalized spacial score (nSPS) is 24.5. The van der Waals surface area contributed by atoms with Gasteiger partial charge in [-0.05, 0) is 77.3 Å². The molecule has 3 aromatic rings. The average Bonchev–Trinajstić information content (AvgIpc) is 3.17. The van der Waals surface area contributed by atoms with Crippen LogP contribution in [0.2, 0.25) is 0 Å². The molecule has 1 unspecified atom stereocenters. The van der Waals surface area contributed by atoms with Crippen molar-refractivity contribution in [3.8, 4) is 0 Å². The van der Waals surface area contributed by atoms with Gasteiger partial charge >= 0.3 is 0 Å². The van der Waals surface area contributed by atoms with Gasteiger partial charge in [-0.15, -0.1) is 0 Å². The minimum Gasteiger partial charge on any atom is -0.0726 e. The zero-order valence-corrected chi connectivity index (χ0v) is 19.9. The molecule has 0 heterocycles. The summed E-state index contributed by atoms with van der Waals surface area (Å²) >= 11 is 7.16. The Morgan fingerprint density at radius 2 is 1.40 bits per heavy atom. The van der Waals surface area contributed by atoms with E-state index >= 15 is 0 Å². The lowest BCUT2D eigenvalue weighted by Gasteiger charge is -2.31. The molecule has 150 valence electrons. The molecule has 5 rings (SSSR count). The highest BCUT2D eigenvalue weighted by Crippen LogP contribution is 2.55. The molecule has 1 fully saturated rings. The molecular formula is C28H24Br2. The number of halogens is 2. The Morgan fingerprint density at radius 3 is 2.10 bits per heavy atom. The quantitative estimate of drug-likeness (QED) is 0.324. The van der Waals surface area contributed by atoms with Gasteiger partial charge in [-0.25, -0.2) is 0 Å². The van der Waals surface area contributed by atoms with Crippen LogP contribution in [0, 0.1) is 5.92 Å². The molecule has 30 heavy (non-hydrogen) atoms. The second-order valence-electron chi connectivity index (χ2n) is 8.36. The molecule has 2 heteroatoms. The zero-order chi connectivity index (χ0) is 20.5. The minimum absolute atomic E-state index is 0.429. The number of allylic oxidation sites excluding steroid dienone is 3. The standard InChI is InChI=1S/C28H24Br2/c29-23-13-9-19(10-14-23)17-22-7-4-8-25-26(22)18-27(20-5-2-1-3-6-20)28(25)21-11-15-24(30)16-12-21/h1-3,5-6,9-18,25,27-28H,4,7-8H2/b22-17+/t25?,27-,28+/m1/s1. The van der Waals surface area contributed by atoms with Gasteiger partial charge < -0.3 is 0 Å². The van der Waals surface area contributed by atoms with E-state index in [0.29, 0.717) is 17.8 Å². The van der Waals surface area contributed by atoms with E-state index in [1.54, 1.807) is 5.57 Å². The van der Waals surface area contributed by atoms with Gasteiger partial charge in [-0.2, -0.15) is 0 Å². The van der Waals surface area contributed by atoms with Crippen molar-refractivity contribution in [3.05, 3.63) is 122 Å². The highest BCUT2D eigenvalue weighted by atomic mass is 79.9. The van der Waals surface area contributed by atoms with Gasteiger partial charge in [-0.3, -0.25) is 0 Å². The molecule has 3 atom stereocenters. The number of hydrogen-bond donors (Lipinski definition) is 0. The molecule has 1 saturated carbocycles. The van der Waals surface area contributed by atoms with E-state index < -0.39 is 0 Å². The molecule has 0 bridgehead atoms.